The van der Waals surface area contributed by atoms with Crippen LogP contribution >= 0.6 is 10.6 Å². The van der Waals surface area contributed by atoms with Gasteiger partial charge in [-0.2, -0.15) is 10.6 Å². The van der Waals surface area contributed by atoms with Gasteiger partial charge < -0.3 is 15.3 Å². The molecule has 7 nitrogen and oxygen atoms in total. The molecule has 4 N–H and O–H groups in total. The molecule has 0 bridgehead atoms. The topological polar surface area (TPSA) is 110 Å². The van der Waals surface area contributed by atoms with Crippen molar-refractivity contribution in [2.45, 2.75) is 131 Å². The van der Waals surface area contributed by atoms with Crippen molar-refractivity contribution in [1.29, 1.82) is 0 Å². The van der Waals surface area contributed by atoms with Gasteiger partial charge in [-0.3, -0.25) is 18.7 Å². The highest BCUT2D eigenvalue weighted by Crippen LogP contribution is 2.76. The Labute approximate surface area is 320 Å². The van der Waals surface area contributed by atoms with Gasteiger partial charge in [0.15, 0.2) is 0 Å². The van der Waals surface area contributed by atoms with E-state index in [1.807, 2.05) is 4.90 Å². The zero-order valence-corrected chi connectivity index (χ0v) is 34.4. The number of nitrogens with one attached hydrogen (secondary N) is 1. The molecule has 53 heavy (non-hydrogen) atoms. The van der Waals surface area contributed by atoms with Crippen LogP contribution in [0.15, 0.2) is 35.5 Å². The van der Waals surface area contributed by atoms with Crippen molar-refractivity contribution in [1.82, 2.24) is 10.2 Å². The number of amides is 1. The molecule has 1 saturated heterocycles. The lowest BCUT2D eigenvalue weighted by Gasteiger charge is -2.72. The summed E-state index contributed by atoms with van der Waals surface area (Å²) in [5, 5.41) is 13.8. The Morgan fingerprint density at radius 3 is 2.34 bits per heavy atom. The van der Waals surface area contributed by atoms with Crippen molar-refractivity contribution in [2.24, 2.45) is 56.7 Å². The van der Waals surface area contributed by atoms with Gasteiger partial charge in [-0.25, -0.2) is 4.39 Å². The molecule has 4 saturated carbocycles. The number of hydrogen-bond donors (Lipinski definition) is 4. The monoisotopic (exact) mass is 756 g/mol. The number of hydrogen-bond acceptors (Lipinski definition) is 5. The number of carboxylic acid groups (broad SMARTS) is 1. The maximum Gasteiger partial charge on any atom is 0.312 e. The van der Waals surface area contributed by atoms with E-state index in [-0.39, 0.29) is 45.3 Å². The second-order valence-corrected chi connectivity index (χ2v) is 22.8. The van der Waals surface area contributed by atoms with Crippen LogP contribution in [-0.4, -0.2) is 74.3 Å². The van der Waals surface area contributed by atoms with Gasteiger partial charge in [-0.1, -0.05) is 58.9 Å². The van der Waals surface area contributed by atoms with E-state index in [9.17, 15) is 28.2 Å². The standard InChI is InChI=1S/C44H69FN2O5S/c1-29(2)31-13-20-44(46-27-36(48)47-23-8-25-53(51,52)26-24-47)22-21-41(6)33(37(31)44)9-10-35-40(5)16-14-32(39(3,4)34(40)15-17-42(35,41)7)30-11-18-43(28-45,19-12-30)38(49)50/h11,14,31,33-35,37,46,51-52H,1,8-10,12-13,15-28H2,2-7H3,(H,49,50)/t31-,33+,34-,35+,37+,40?,41+,42+,43-,44-/m0/s1. The molecule has 0 aromatic heterocycles. The molecule has 6 aliphatic carbocycles. The zero-order valence-electron chi connectivity index (χ0n) is 33.6. The minimum Gasteiger partial charge on any atom is -0.481 e. The van der Waals surface area contributed by atoms with Crippen LogP contribution in [0.5, 0.6) is 0 Å². The third kappa shape index (κ3) is 6.05. The van der Waals surface area contributed by atoms with Crippen molar-refractivity contribution < 1.29 is 28.2 Å². The van der Waals surface area contributed by atoms with Crippen molar-refractivity contribution in [3.8, 4) is 0 Å². The number of allylic oxidation sites excluding steroid dienone is 5. The van der Waals surface area contributed by atoms with Crippen LogP contribution in [0.4, 0.5) is 4.39 Å². The normalized spacial score (nSPS) is 45.2. The fraction of sp³-hybridized carbons (Fsp3) is 0.818. The highest BCUT2D eigenvalue weighted by Gasteiger charge is 2.70. The SMILES string of the molecule is C=C(C)[C@@H]1CC[C@]2(NCC(=O)N3CCCS(O)(O)CC3)CC[C@]3(C)[C@H](CC[C@@H]4C5(C)CC=C(C6=CC[C@](CF)(C(=O)O)CC6)C(C)(C)[C@@H]5CC[C@]43C)[C@@H]12. The van der Waals surface area contributed by atoms with Gasteiger partial charge in [0.05, 0.1) is 17.7 Å². The first-order valence-corrected chi connectivity index (χ1v) is 22.8. The predicted molar refractivity (Wildman–Crippen MR) is 212 cm³/mol. The molecule has 1 aliphatic heterocycles. The summed E-state index contributed by atoms with van der Waals surface area (Å²) in [4.78, 5) is 27.5. The molecule has 7 aliphatic rings. The van der Waals surface area contributed by atoms with Crippen LogP contribution in [0.3, 0.4) is 0 Å². The van der Waals surface area contributed by atoms with Crippen molar-refractivity contribution in [2.75, 3.05) is 37.8 Å². The van der Waals surface area contributed by atoms with E-state index in [1.54, 1.807) is 0 Å². The first-order valence-electron chi connectivity index (χ1n) is 20.9. The van der Waals surface area contributed by atoms with E-state index in [0.29, 0.717) is 74.2 Å². The summed E-state index contributed by atoms with van der Waals surface area (Å²) in [5.41, 5.74) is 3.04. The average Bonchev–Trinajstić information content (AvgIpc) is 3.39. The second-order valence-electron chi connectivity index (χ2n) is 20.3. The maximum atomic E-state index is 14.0. The maximum absolute atomic E-state index is 14.0. The number of carbonyl (C=O) groups excluding carboxylic acids is 1. The van der Waals surface area contributed by atoms with Crippen LogP contribution in [0.2, 0.25) is 0 Å². The lowest BCUT2D eigenvalue weighted by Crippen LogP contribution is -2.68. The van der Waals surface area contributed by atoms with E-state index in [2.05, 4.69) is 65.6 Å². The summed E-state index contributed by atoms with van der Waals surface area (Å²) >= 11 is 0. The fourth-order valence-electron chi connectivity index (χ4n) is 14.7. The quantitative estimate of drug-likeness (QED) is 0.193. The van der Waals surface area contributed by atoms with Crippen LogP contribution in [-0.2, 0) is 9.59 Å². The highest BCUT2D eigenvalue weighted by molar-refractivity contribution is 8.24. The van der Waals surface area contributed by atoms with E-state index in [0.717, 1.165) is 32.1 Å². The molecule has 1 unspecified atom stereocenters. The Hall–Kier alpha value is -1.68. The van der Waals surface area contributed by atoms with Gasteiger partial charge in [0.1, 0.15) is 6.67 Å². The van der Waals surface area contributed by atoms with Gasteiger partial charge in [0.2, 0.25) is 5.91 Å². The summed E-state index contributed by atoms with van der Waals surface area (Å²) in [6.07, 6.45) is 16.8. The number of aliphatic carboxylic acids is 1. The first kappa shape index (κ1) is 39.6. The number of carboxylic acids is 1. The number of rotatable bonds is 7. The Morgan fingerprint density at radius 1 is 0.925 bits per heavy atom. The van der Waals surface area contributed by atoms with Crippen molar-refractivity contribution in [3.05, 3.63) is 35.5 Å². The minimum absolute atomic E-state index is 0.0456. The largest absolute Gasteiger partial charge is 0.481 e. The van der Waals surface area contributed by atoms with Crippen LogP contribution in [0.25, 0.3) is 0 Å². The second kappa shape index (κ2) is 13.5. The van der Waals surface area contributed by atoms with E-state index < -0.39 is 28.6 Å². The Kier molecular flexibility index (Phi) is 10.1. The summed E-state index contributed by atoms with van der Waals surface area (Å²) in [6, 6.07) is 0. The summed E-state index contributed by atoms with van der Waals surface area (Å²) in [7, 11) is -2.58. The number of carbonyl (C=O) groups is 2. The number of alkyl halides is 1. The smallest absolute Gasteiger partial charge is 0.312 e. The zero-order chi connectivity index (χ0) is 38.4. The first-order chi connectivity index (χ1) is 24.8. The molecular formula is C44H69FN2O5S. The molecule has 298 valence electrons. The Balaban J connectivity index is 1.14. The lowest BCUT2D eigenvalue weighted by molar-refractivity contribution is -0.221. The third-order valence-corrected chi connectivity index (χ3v) is 19.6. The third-order valence-electron chi connectivity index (χ3n) is 17.8. The van der Waals surface area contributed by atoms with Gasteiger partial charge >= 0.3 is 5.97 Å². The van der Waals surface area contributed by atoms with E-state index >= 15 is 0 Å². The fourth-order valence-corrected chi connectivity index (χ4v) is 16.0. The molecule has 0 aromatic rings. The van der Waals surface area contributed by atoms with Gasteiger partial charge in [0, 0.05) is 24.4 Å². The predicted octanol–water partition coefficient (Wildman–Crippen LogP) is 9.66. The minimum atomic E-state index is -2.58. The lowest BCUT2D eigenvalue weighted by atomic mass is 9.33. The van der Waals surface area contributed by atoms with Crippen molar-refractivity contribution in [3.63, 3.8) is 0 Å². The molecule has 1 amide bonds. The Morgan fingerprint density at radius 2 is 1.68 bits per heavy atom. The van der Waals surface area contributed by atoms with Crippen LogP contribution < -0.4 is 5.32 Å². The van der Waals surface area contributed by atoms with E-state index in [1.165, 1.54) is 42.4 Å². The van der Waals surface area contributed by atoms with Gasteiger partial charge in [-0.05, 0) is 153 Å². The van der Waals surface area contributed by atoms with Crippen molar-refractivity contribution >= 4 is 22.5 Å². The molecule has 9 heteroatoms. The average molecular weight is 757 g/mol. The molecule has 5 fully saturated rings. The van der Waals surface area contributed by atoms with Crippen LogP contribution in [0.1, 0.15) is 125 Å². The molecule has 7 rings (SSSR count). The van der Waals surface area contributed by atoms with E-state index in [4.69, 9.17) is 0 Å². The number of halogens is 1. The molecule has 0 spiro atoms. The highest BCUT2D eigenvalue weighted by atomic mass is 32.3. The summed E-state index contributed by atoms with van der Waals surface area (Å²) in [6.45, 7) is 20.1. The summed E-state index contributed by atoms with van der Waals surface area (Å²) in [5.74, 6) is 2.31. The van der Waals surface area contributed by atoms with Gasteiger partial charge in [0.25, 0.3) is 0 Å². The molecule has 10 atom stereocenters. The molecule has 0 radical (unpaired) electrons. The number of fused-ring (bicyclic) bond motifs is 7. The Bertz CT molecular complexity index is 1580. The van der Waals surface area contributed by atoms with Crippen LogP contribution in [0, 0.1) is 56.7 Å². The number of nitrogens with zero attached hydrogens (tertiary/aromatic N) is 1. The molecular weight excluding hydrogens is 688 g/mol. The summed E-state index contributed by atoms with van der Waals surface area (Å²) < 4.78 is 34.6. The molecule has 1 heterocycles. The molecule has 0 aromatic carbocycles. The van der Waals surface area contributed by atoms with Gasteiger partial charge in [-0.15, -0.1) is 0 Å².